The van der Waals surface area contributed by atoms with Gasteiger partial charge in [0.25, 0.3) is 5.91 Å². The molecule has 22 heavy (non-hydrogen) atoms. The summed E-state index contributed by atoms with van der Waals surface area (Å²) in [6.07, 6.45) is 2.86. The molecule has 0 radical (unpaired) electrons. The number of nitrogens with one attached hydrogen (secondary N) is 1. The van der Waals surface area contributed by atoms with Crippen LogP contribution in [0.4, 0.5) is 0 Å². The van der Waals surface area contributed by atoms with Gasteiger partial charge in [0.1, 0.15) is 0 Å². The molecule has 6 nitrogen and oxygen atoms in total. The van der Waals surface area contributed by atoms with Crippen molar-refractivity contribution < 1.29 is 11.0 Å². The number of likely N-dealkylation sites (tertiary alicyclic amines) is 1. The van der Waals surface area contributed by atoms with E-state index >= 15 is 0 Å². The average Bonchev–Trinajstić information content (AvgIpc) is 3.15. The van der Waals surface area contributed by atoms with Gasteiger partial charge < -0.3 is 10.2 Å². The fraction of sp³-hybridized carbons (Fsp3) is 0.312. The molecule has 2 aromatic rings. The van der Waals surface area contributed by atoms with Crippen molar-refractivity contribution in [2.24, 2.45) is 5.41 Å². The maximum Gasteiger partial charge on any atom is 0.257 e. The zero-order valence-electron chi connectivity index (χ0n) is 13.0. The number of fused-ring (bicyclic) bond motifs is 1. The summed E-state index contributed by atoms with van der Waals surface area (Å²) >= 11 is 0. The Balaban J connectivity index is 1.67. The van der Waals surface area contributed by atoms with E-state index in [4.69, 9.17) is 1.37 Å². The Morgan fingerprint density at radius 2 is 2.36 bits per heavy atom. The molecule has 0 saturated carbocycles. The van der Waals surface area contributed by atoms with Crippen LogP contribution in [0, 0.1) is 5.41 Å². The van der Waals surface area contributed by atoms with Gasteiger partial charge in [-0.25, -0.2) is 4.52 Å². The van der Waals surface area contributed by atoms with E-state index in [0.29, 0.717) is 42.7 Å². The minimum Gasteiger partial charge on any atom is -0.337 e. The first-order valence-corrected chi connectivity index (χ1v) is 7.23. The Morgan fingerprint density at radius 3 is 3.14 bits per heavy atom. The molecule has 1 unspecified atom stereocenters. The Hall–Kier alpha value is -2.63. The van der Waals surface area contributed by atoms with Gasteiger partial charge in [0.15, 0.2) is 0 Å². The van der Waals surface area contributed by atoms with E-state index in [9.17, 15) is 9.59 Å². The van der Waals surface area contributed by atoms with Crippen molar-refractivity contribution in [3.63, 3.8) is 0 Å². The smallest absolute Gasteiger partial charge is 0.257 e. The predicted molar refractivity (Wildman–Crippen MR) is 80.0 cm³/mol. The molecule has 2 aliphatic heterocycles. The van der Waals surface area contributed by atoms with Crippen molar-refractivity contribution in [2.45, 2.75) is 12.8 Å². The van der Waals surface area contributed by atoms with E-state index in [2.05, 4.69) is 17.0 Å². The standard InChI is InChI=1S/C16H16N4O2/c1-11-8-16(15(22)18-11)5-7-19(10-16)14(21)12-9-17-20-6-3-2-4-13(12)20/h2-4,6,9H,1,5,7-8,10H2,(H,18,22)/i9T. The van der Waals surface area contributed by atoms with E-state index in [1.165, 1.54) is 4.52 Å². The van der Waals surface area contributed by atoms with Gasteiger partial charge in [0, 0.05) is 31.4 Å². The highest BCUT2D eigenvalue weighted by Gasteiger charge is 2.50. The molecular formula is C16H16N4O2. The van der Waals surface area contributed by atoms with Crippen LogP contribution < -0.4 is 5.32 Å². The van der Waals surface area contributed by atoms with Gasteiger partial charge in [0.05, 0.1) is 24.0 Å². The summed E-state index contributed by atoms with van der Waals surface area (Å²) in [4.78, 5) is 26.7. The van der Waals surface area contributed by atoms with Crippen molar-refractivity contribution in [2.75, 3.05) is 13.1 Å². The number of hydrogen-bond acceptors (Lipinski definition) is 3. The van der Waals surface area contributed by atoms with Crippen molar-refractivity contribution in [1.29, 1.82) is 0 Å². The zero-order chi connectivity index (χ0) is 16.2. The summed E-state index contributed by atoms with van der Waals surface area (Å²) in [5, 5.41) is 6.82. The number of allylic oxidation sites excluding steroid dienone is 1. The van der Waals surface area contributed by atoms with E-state index in [1.807, 2.05) is 6.07 Å². The number of hydrogen-bond donors (Lipinski definition) is 1. The lowest BCUT2D eigenvalue weighted by Gasteiger charge is -2.20. The summed E-state index contributed by atoms with van der Waals surface area (Å²) in [5.41, 5.74) is 1.06. The first-order valence-electron chi connectivity index (χ1n) is 7.73. The average molecular weight is 298 g/mol. The zero-order valence-corrected chi connectivity index (χ0v) is 12.0. The maximum atomic E-state index is 12.9. The van der Waals surface area contributed by atoms with E-state index < -0.39 is 5.41 Å². The fourth-order valence-electron chi connectivity index (χ4n) is 3.40. The normalized spacial score (nSPS) is 25.1. The number of aromatic nitrogens is 2. The van der Waals surface area contributed by atoms with Gasteiger partial charge in [-0.15, -0.1) is 0 Å². The number of carbonyl (C=O) groups excluding carboxylic acids is 2. The van der Waals surface area contributed by atoms with Crippen LogP contribution in [0.25, 0.3) is 5.52 Å². The van der Waals surface area contributed by atoms with Gasteiger partial charge in [-0.2, -0.15) is 5.10 Å². The minimum atomic E-state index is -0.558. The van der Waals surface area contributed by atoms with Crippen LogP contribution in [0.5, 0.6) is 0 Å². The highest BCUT2D eigenvalue weighted by atomic mass is 16.2. The molecule has 1 N–H and O–H groups in total. The van der Waals surface area contributed by atoms with Crippen LogP contribution in [-0.4, -0.2) is 39.4 Å². The molecule has 2 aliphatic rings. The van der Waals surface area contributed by atoms with Gasteiger partial charge in [-0.1, -0.05) is 12.6 Å². The molecule has 1 spiro atoms. The van der Waals surface area contributed by atoms with Crippen LogP contribution >= 0.6 is 0 Å². The summed E-state index contributed by atoms with van der Waals surface area (Å²) in [6, 6.07) is 5.38. The van der Waals surface area contributed by atoms with E-state index in [0.717, 1.165) is 0 Å². The first kappa shape index (κ1) is 12.0. The number of nitrogens with zero attached hydrogens (tertiary/aromatic N) is 3. The summed E-state index contributed by atoms with van der Waals surface area (Å²) in [7, 11) is 0. The lowest BCUT2D eigenvalue weighted by atomic mass is 9.85. The van der Waals surface area contributed by atoms with Gasteiger partial charge in [0.2, 0.25) is 5.91 Å². The number of pyridine rings is 1. The highest BCUT2D eigenvalue weighted by molar-refractivity contribution is 6.01. The molecule has 1 atom stereocenters. The fourth-order valence-corrected chi connectivity index (χ4v) is 3.40. The Bertz CT molecular complexity index is 859. The number of carbonyl (C=O) groups is 2. The van der Waals surface area contributed by atoms with Crippen LogP contribution in [-0.2, 0) is 4.79 Å². The van der Waals surface area contributed by atoms with E-state index in [1.54, 1.807) is 23.2 Å². The molecule has 2 aromatic heterocycles. The Kier molecular flexibility index (Phi) is 2.41. The van der Waals surface area contributed by atoms with Gasteiger partial charge in [-0.05, 0) is 18.6 Å². The van der Waals surface area contributed by atoms with Gasteiger partial charge in [-0.3, -0.25) is 9.59 Å². The largest absolute Gasteiger partial charge is 0.337 e. The van der Waals surface area contributed by atoms with Crippen LogP contribution in [0.1, 0.15) is 24.6 Å². The topological polar surface area (TPSA) is 66.7 Å². The minimum absolute atomic E-state index is 0.0394. The third kappa shape index (κ3) is 1.76. The van der Waals surface area contributed by atoms with Crippen molar-refractivity contribution in [3.8, 4) is 0 Å². The molecule has 2 fully saturated rings. The molecule has 6 heteroatoms. The van der Waals surface area contributed by atoms with Crippen LogP contribution in [0.15, 0.2) is 42.8 Å². The molecule has 0 aliphatic carbocycles. The first-order chi connectivity index (χ1) is 11.0. The van der Waals surface area contributed by atoms with Crippen LogP contribution in [0.3, 0.4) is 0 Å². The Morgan fingerprint density at radius 1 is 1.50 bits per heavy atom. The Labute approximate surface area is 128 Å². The number of amides is 2. The van der Waals surface area contributed by atoms with Crippen molar-refractivity contribution in [3.05, 3.63) is 48.4 Å². The second-order valence-electron chi connectivity index (χ2n) is 6.01. The molecule has 2 amide bonds. The van der Waals surface area contributed by atoms with E-state index in [-0.39, 0.29) is 18.0 Å². The highest BCUT2D eigenvalue weighted by Crippen LogP contribution is 2.40. The number of rotatable bonds is 1. The second kappa shape index (κ2) is 4.43. The monoisotopic (exact) mass is 298 g/mol. The summed E-state index contributed by atoms with van der Waals surface area (Å²) < 4.78 is 9.53. The molecule has 4 heterocycles. The molecule has 0 aromatic carbocycles. The lowest BCUT2D eigenvalue weighted by molar-refractivity contribution is -0.126. The third-order valence-electron chi connectivity index (χ3n) is 4.54. The molecular weight excluding hydrogens is 280 g/mol. The molecule has 2 saturated heterocycles. The van der Waals surface area contributed by atoms with Crippen molar-refractivity contribution >= 4 is 17.3 Å². The summed E-state index contributed by atoms with van der Waals surface area (Å²) in [6.45, 7) is 4.68. The van der Waals surface area contributed by atoms with Crippen LogP contribution in [0.2, 0.25) is 0 Å². The predicted octanol–water partition coefficient (Wildman–Crippen LogP) is 1.20. The van der Waals surface area contributed by atoms with Gasteiger partial charge >= 0.3 is 0 Å². The van der Waals surface area contributed by atoms with Crippen molar-refractivity contribution in [1.82, 2.24) is 19.8 Å². The second-order valence-corrected chi connectivity index (χ2v) is 6.01. The molecule has 0 bridgehead atoms. The summed E-state index contributed by atoms with van der Waals surface area (Å²) in [5.74, 6) is -0.290. The molecule has 112 valence electrons. The molecule has 4 rings (SSSR count). The quantitative estimate of drug-likeness (QED) is 0.860. The lowest BCUT2D eigenvalue weighted by Crippen LogP contribution is -2.36. The third-order valence-corrected chi connectivity index (χ3v) is 4.54. The SMILES string of the molecule is [3H]c1nn2ccccc2c1C(=O)N1CCC2(CC(=C)NC2=O)C1. The maximum absolute atomic E-state index is 12.9.